The highest BCUT2D eigenvalue weighted by Gasteiger charge is 2.18. The third kappa shape index (κ3) is 4.56. The van der Waals surface area contributed by atoms with Crippen molar-refractivity contribution in [1.82, 2.24) is 9.88 Å². The number of unbranched alkanes of at least 4 members (excludes halogenated alkanes) is 1. The number of hydrogen-bond donors (Lipinski definition) is 1. The molecule has 0 bridgehead atoms. The van der Waals surface area contributed by atoms with Gasteiger partial charge in [0.1, 0.15) is 5.75 Å². The number of aromatic nitrogens is 1. The highest BCUT2D eigenvalue weighted by Crippen LogP contribution is 2.28. The van der Waals surface area contributed by atoms with Crippen LogP contribution in [0.3, 0.4) is 0 Å². The second-order valence-electron chi connectivity index (χ2n) is 7.12. The van der Waals surface area contributed by atoms with E-state index in [2.05, 4.69) is 50.4 Å². The Bertz CT molecular complexity index is 856. The SMILES string of the molecule is COc1ccccc1N1CCN(CCCCNc2nc3ccccc3s2)CC1. The van der Waals surface area contributed by atoms with E-state index in [4.69, 9.17) is 4.74 Å². The maximum Gasteiger partial charge on any atom is 0.183 e. The molecule has 2 heterocycles. The van der Waals surface area contributed by atoms with Gasteiger partial charge in [-0.15, -0.1) is 0 Å². The van der Waals surface area contributed by atoms with Crippen molar-refractivity contribution in [2.45, 2.75) is 12.8 Å². The Labute approximate surface area is 170 Å². The lowest BCUT2D eigenvalue weighted by molar-refractivity contribution is 0.253. The number of hydrogen-bond acceptors (Lipinski definition) is 6. The smallest absolute Gasteiger partial charge is 0.183 e. The maximum atomic E-state index is 5.51. The minimum absolute atomic E-state index is 0.969. The molecule has 2 aromatic carbocycles. The minimum atomic E-state index is 0.969. The number of rotatable bonds is 8. The van der Waals surface area contributed by atoms with Crippen molar-refractivity contribution in [1.29, 1.82) is 0 Å². The van der Waals surface area contributed by atoms with Gasteiger partial charge < -0.3 is 15.0 Å². The Morgan fingerprint density at radius 1 is 1.00 bits per heavy atom. The first-order chi connectivity index (χ1) is 13.8. The number of ether oxygens (including phenoxy) is 1. The van der Waals surface area contributed by atoms with E-state index < -0.39 is 0 Å². The van der Waals surface area contributed by atoms with Gasteiger partial charge in [-0.25, -0.2) is 4.98 Å². The number of piperazine rings is 1. The largest absolute Gasteiger partial charge is 0.495 e. The molecule has 3 aromatic rings. The molecule has 0 atom stereocenters. The third-order valence-electron chi connectivity index (χ3n) is 5.27. The lowest BCUT2D eigenvalue weighted by Crippen LogP contribution is -2.46. The van der Waals surface area contributed by atoms with E-state index in [1.807, 2.05) is 18.2 Å². The molecule has 5 nitrogen and oxygen atoms in total. The third-order valence-corrected chi connectivity index (χ3v) is 6.26. The zero-order valence-corrected chi connectivity index (χ0v) is 17.3. The molecule has 1 fully saturated rings. The van der Waals surface area contributed by atoms with Crippen LogP contribution in [0, 0.1) is 0 Å². The molecule has 1 N–H and O–H groups in total. The molecule has 0 amide bonds. The van der Waals surface area contributed by atoms with Gasteiger partial charge in [0, 0.05) is 32.7 Å². The summed E-state index contributed by atoms with van der Waals surface area (Å²) in [5.74, 6) is 0.969. The Balaban J connectivity index is 1.16. The predicted octanol–water partition coefficient (Wildman–Crippen LogP) is 4.32. The van der Waals surface area contributed by atoms with E-state index in [1.165, 1.54) is 29.8 Å². The number of nitrogens with zero attached hydrogens (tertiary/aromatic N) is 3. The summed E-state index contributed by atoms with van der Waals surface area (Å²) in [6, 6.07) is 16.6. The van der Waals surface area contributed by atoms with Gasteiger partial charge in [-0.1, -0.05) is 35.6 Å². The van der Waals surface area contributed by atoms with Gasteiger partial charge >= 0.3 is 0 Å². The fourth-order valence-corrected chi connectivity index (χ4v) is 4.60. The van der Waals surface area contributed by atoms with Crippen LogP contribution >= 0.6 is 11.3 Å². The van der Waals surface area contributed by atoms with E-state index >= 15 is 0 Å². The number of fused-ring (bicyclic) bond motifs is 1. The van der Waals surface area contributed by atoms with E-state index in [-0.39, 0.29) is 0 Å². The Kier molecular flexibility index (Phi) is 6.29. The highest BCUT2D eigenvalue weighted by atomic mass is 32.1. The minimum Gasteiger partial charge on any atom is -0.495 e. The first-order valence-electron chi connectivity index (χ1n) is 10.0. The highest BCUT2D eigenvalue weighted by molar-refractivity contribution is 7.22. The summed E-state index contributed by atoms with van der Waals surface area (Å²) in [5, 5.41) is 4.51. The molecular formula is C22H28N4OS. The predicted molar refractivity (Wildman–Crippen MR) is 119 cm³/mol. The topological polar surface area (TPSA) is 40.6 Å². The summed E-state index contributed by atoms with van der Waals surface area (Å²) in [6.45, 7) is 6.50. The van der Waals surface area contributed by atoms with Crippen LogP contribution in [0.4, 0.5) is 10.8 Å². The van der Waals surface area contributed by atoms with Crippen molar-refractivity contribution in [2.75, 3.05) is 56.6 Å². The molecule has 1 saturated heterocycles. The molecule has 4 rings (SSSR count). The number of benzene rings is 2. The summed E-state index contributed by atoms with van der Waals surface area (Å²) in [6.07, 6.45) is 2.38. The fraction of sp³-hybridized carbons (Fsp3) is 0.409. The van der Waals surface area contributed by atoms with Gasteiger partial charge in [0.2, 0.25) is 0 Å². The van der Waals surface area contributed by atoms with Gasteiger partial charge in [0.25, 0.3) is 0 Å². The van der Waals surface area contributed by atoms with Crippen molar-refractivity contribution < 1.29 is 4.74 Å². The number of methoxy groups -OCH3 is 1. The molecule has 1 aliphatic heterocycles. The molecule has 0 aliphatic carbocycles. The Hall–Kier alpha value is -2.31. The fourth-order valence-electron chi connectivity index (χ4n) is 3.71. The molecular weight excluding hydrogens is 368 g/mol. The molecule has 0 saturated carbocycles. The van der Waals surface area contributed by atoms with Crippen LogP contribution in [0.5, 0.6) is 5.75 Å². The van der Waals surface area contributed by atoms with Crippen LogP contribution in [-0.2, 0) is 0 Å². The summed E-state index contributed by atoms with van der Waals surface area (Å²) in [5.41, 5.74) is 2.30. The van der Waals surface area contributed by atoms with Crippen LogP contribution in [0.1, 0.15) is 12.8 Å². The van der Waals surface area contributed by atoms with Crippen molar-refractivity contribution in [2.24, 2.45) is 0 Å². The maximum absolute atomic E-state index is 5.51. The first kappa shape index (κ1) is 19.0. The lowest BCUT2D eigenvalue weighted by atomic mass is 10.2. The zero-order chi connectivity index (χ0) is 19.2. The van der Waals surface area contributed by atoms with Crippen molar-refractivity contribution in [3.8, 4) is 5.75 Å². The monoisotopic (exact) mass is 396 g/mol. The Morgan fingerprint density at radius 3 is 2.61 bits per heavy atom. The molecule has 0 spiro atoms. The Morgan fingerprint density at radius 2 is 1.79 bits per heavy atom. The van der Waals surface area contributed by atoms with Gasteiger partial charge in [0.05, 0.1) is 23.0 Å². The van der Waals surface area contributed by atoms with E-state index in [0.29, 0.717) is 0 Å². The molecule has 1 aromatic heterocycles. The standard InChI is InChI=1S/C22H28N4OS/c1-27-20-10-4-3-9-19(20)26-16-14-25(15-17-26)13-7-6-12-23-22-24-18-8-2-5-11-21(18)28-22/h2-5,8-11H,6-7,12-17H2,1H3,(H,23,24). The lowest BCUT2D eigenvalue weighted by Gasteiger charge is -2.36. The molecule has 148 valence electrons. The normalized spacial score (nSPS) is 15.1. The van der Waals surface area contributed by atoms with Crippen LogP contribution in [0.2, 0.25) is 0 Å². The molecule has 0 radical (unpaired) electrons. The van der Waals surface area contributed by atoms with Crippen molar-refractivity contribution in [3.05, 3.63) is 48.5 Å². The molecule has 28 heavy (non-hydrogen) atoms. The number of thiazole rings is 1. The van der Waals surface area contributed by atoms with E-state index in [1.54, 1.807) is 18.4 Å². The van der Waals surface area contributed by atoms with Gasteiger partial charge in [-0.05, 0) is 43.7 Å². The number of anilines is 2. The van der Waals surface area contributed by atoms with Gasteiger partial charge in [0.15, 0.2) is 5.13 Å². The summed E-state index contributed by atoms with van der Waals surface area (Å²) in [7, 11) is 1.75. The van der Waals surface area contributed by atoms with Crippen LogP contribution in [0.25, 0.3) is 10.2 Å². The van der Waals surface area contributed by atoms with E-state index in [9.17, 15) is 0 Å². The second-order valence-corrected chi connectivity index (χ2v) is 8.15. The average molecular weight is 397 g/mol. The van der Waals surface area contributed by atoms with Crippen molar-refractivity contribution >= 4 is 32.4 Å². The molecule has 0 unspecified atom stereocenters. The molecule has 1 aliphatic rings. The quantitative estimate of drug-likeness (QED) is 0.574. The number of para-hydroxylation sites is 3. The van der Waals surface area contributed by atoms with Crippen molar-refractivity contribution in [3.63, 3.8) is 0 Å². The first-order valence-corrected chi connectivity index (χ1v) is 10.8. The van der Waals surface area contributed by atoms with Crippen LogP contribution in [0.15, 0.2) is 48.5 Å². The van der Waals surface area contributed by atoms with Crippen LogP contribution in [-0.4, -0.2) is 56.3 Å². The molecule has 6 heteroatoms. The second kappa shape index (κ2) is 9.26. The van der Waals surface area contributed by atoms with E-state index in [0.717, 1.165) is 49.1 Å². The van der Waals surface area contributed by atoms with Gasteiger partial charge in [-0.3, -0.25) is 4.90 Å². The number of nitrogens with one attached hydrogen (secondary N) is 1. The summed E-state index contributed by atoms with van der Waals surface area (Å²) in [4.78, 5) is 9.64. The van der Waals surface area contributed by atoms with Gasteiger partial charge in [-0.2, -0.15) is 0 Å². The average Bonchev–Trinajstić information content (AvgIpc) is 3.17. The zero-order valence-electron chi connectivity index (χ0n) is 16.4. The van der Waals surface area contributed by atoms with Crippen LogP contribution < -0.4 is 15.0 Å². The summed E-state index contributed by atoms with van der Waals surface area (Å²) >= 11 is 1.74. The summed E-state index contributed by atoms with van der Waals surface area (Å²) < 4.78 is 6.75.